The number of carbonyl (C=O) groups is 1. The lowest BCUT2D eigenvalue weighted by atomic mass is 9.90. The Morgan fingerprint density at radius 3 is 2.22 bits per heavy atom. The first-order chi connectivity index (χ1) is 8.28. The predicted molar refractivity (Wildman–Crippen MR) is 73.7 cm³/mol. The van der Waals surface area contributed by atoms with E-state index >= 15 is 0 Å². The van der Waals surface area contributed by atoms with E-state index in [0.29, 0.717) is 12.1 Å². The number of alkyl carbamates (subject to hydrolysis) is 1. The molecule has 0 saturated heterocycles. The van der Waals surface area contributed by atoms with Crippen LogP contribution in [0.15, 0.2) is 0 Å². The van der Waals surface area contributed by atoms with Gasteiger partial charge in [0, 0.05) is 18.1 Å². The van der Waals surface area contributed by atoms with Gasteiger partial charge < -0.3 is 15.4 Å². The molecular formula is C14H28N2O2. The lowest BCUT2D eigenvalue weighted by Gasteiger charge is -2.34. The molecule has 2 N–H and O–H groups in total. The molecule has 0 heterocycles. The Bertz CT molecular complexity index is 271. The zero-order valence-corrected chi connectivity index (χ0v) is 12.4. The van der Waals surface area contributed by atoms with Crippen LogP contribution in [-0.2, 0) is 4.74 Å². The van der Waals surface area contributed by atoms with Gasteiger partial charge in [0.1, 0.15) is 5.60 Å². The average molecular weight is 256 g/mol. The highest BCUT2D eigenvalue weighted by Crippen LogP contribution is 2.19. The maximum atomic E-state index is 11.8. The molecule has 1 fully saturated rings. The fourth-order valence-corrected chi connectivity index (χ4v) is 2.39. The third-order valence-electron chi connectivity index (χ3n) is 3.02. The lowest BCUT2D eigenvalue weighted by molar-refractivity contribution is 0.0477. The van der Waals surface area contributed by atoms with E-state index in [9.17, 15) is 4.79 Å². The van der Waals surface area contributed by atoms with Crippen molar-refractivity contribution in [1.82, 2.24) is 10.6 Å². The van der Waals surface area contributed by atoms with Crippen LogP contribution in [0, 0.1) is 0 Å². The molecule has 4 heteroatoms. The first-order valence-corrected chi connectivity index (χ1v) is 7.03. The van der Waals surface area contributed by atoms with Crippen molar-refractivity contribution >= 4 is 6.09 Å². The molecule has 1 rings (SSSR count). The summed E-state index contributed by atoms with van der Waals surface area (Å²) in [6.07, 6.45) is 4.26. The maximum absolute atomic E-state index is 11.8. The van der Waals surface area contributed by atoms with Crippen LogP contribution in [0.1, 0.15) is 60.3 Å². The number of hydrogen-bond donors (Lipinski definition) is 2. The molecule has 1 amide bonds. The molecule has 106 valence electrons. The summed E-state index contributed by atoms with van der Waals surface area (Å²) in [5, 5.41) is 6.54. The van der Waals surface area contributed by atoms with Crippen LogP contribution < -0.4 is 10.6 Å². The molecule has 0 aliphatic heterocycles. The normalized spacial score (nSPS) is 25.0. The second kappa shape index (κ2) is 6.41. The van der Waals surface area contributed by atoms with E-state index in [4.69, 9.17) is 4.74 Å². The lowest BCUT2D eigenvalue weighted by Crippen LogP contribution is -2.54. The SMILES string of the molecule is CC(C)N[C@H]1CCCC[C@H]1NC(=O)OC(C)(C)C. The highest BCUT2D eigenvalue weighted by molar-refractivity contribution is 5.68. The van der Waals surface area contributed by atoms with Gasteiger partial charge >= 0.3 is 6.09 Å². The predicted octanol–water partition coefficient (Wildman–Crippen LogP) is 2.82. The van der Waals surface area contributed by atoms with Gasteiger partial charge in [0.15, 0.2) is 0 Å². The van der Waals surface area contributed by atoms with E-state index in [-0.39, 0.29) is 12.1 Å². The van der Waals surface area contributed by atoms with Crippen LogP contribution >= 0.6 is 0 Å². The Morgan fingerprint density at radius 1 is 1.17 bits per heavy atom. The standard InChI is InChI=1S/C14H28N2O2/c1-10(2)15-11-8-6-7-9-12(11)16-13(17)18-14(3,4)5/h10-12,15H,6-9H2,1-5H3,(H,16,17)/t11-,12+/m0/s1. The number of amides is 1. The van der Waals surface area contributed by atoms with Gasteiger partial charge in [-0.25, -0.2) is 4.79 Å². The summed E-state index contributed by atoms with van der Waals surface area (Å²) in [5.74, 6) is 0. The van der Waals surface area contributed by atoms with E-state index in [1.165, 1.54) is 12.8 Å². The van der Waals surface area contributed by atoms with Crippen molar-refractivity contribution in [2.75, 3.05) is 0 Å². The molecular weight excluding hydrogens is 228 g/mol. The largest absolute Gasteiger partial charge is 0.444 e. The van der Waals surface area contributed by atoms with Crippen LogP contribution in [-0.4, -0.2) is 29.8 Å². The Kier molecular flexibility index (Phi) is 5.45. The fourth-order valence-electron chi connectivity index (χ4n) is 2.39. The molecule has 2 atom stereocenters. The van der Waals surface area contributed by atoms with Crippen molar-refractivity contribution in [3.05, 3.63) is 0 Å². The van der Waals surface area contributed by atoms with Crippen LogP contribution in [0.4, 0.5) is 4.79 Å². The number of rotatable bonds is 3. The number of carbonyl (C=O) groups excluding carboxylic acids is 1. The van der Waals surface area contributed by atoms with Crippen molar-refractivity contribution in [3.63, 3.8) is 0 Å². The van der Waals surface area contributed by atoms with Gasteiger partial charge in [0.2, 0.25) is 0 Å². The van der Waals surface area contributed by atoms with Crippen LogP contribution in [0.25, 0.3) is 0 Å². The van der Waals surface area contributed by atoms with E-state index in [2.05, 4.69) is 24.5 Å². The Labute approximate surface area is 111 Å². The highest BCUT2D eigenvalue weighted by Gasteiger charge is 2.28. The summed E-state index contributed by atoms with van der Waals surface area (Å²) in [5.41, 5.74) is -0.431. The van der Waals surface area contributed by atoms with Gasteiger partial charge in [-0.05, 0) is 33.6 Å². The molecule has 0 aromatic carbocycles. The minimum atomic E-state index is -0.431. The van der Waals surface area contributed by atoms with E-state index < -0.39 is 5.60 Å². The Balaban J connectivity index is 2.48. The summed E-state index contributed by atoms with van der Waals surface area (Å²) in [7, 11) is 0. The fraction of sp³-hybridized carbons (Fsp3) is 0.929. The molecule has 0 unspecified atom stereocenters. The van der Waals surface area contributed by atoms with Crippen molar-refractivity contribution in [1.29, 1.82) is 0 Å². The molecule has 1 aliphatic rings. The first kappa shape index (κ1) is 15.3. The summed E-state index contributed by atoms with van der Waals surface area (Å²) in [6, 6.07) is 0.998. The smallest absolute Gasteiger partial charge is 0.407 e. The molecule has 1 aliphatic carbocycles. The van der Waals surface area contributed by atoms with Gasteiger partial charge in [-0.3, -0.25) is 0 Å². The zero-order valence-electron chi connectivity index (χ0n) is 12.4. The molecule has 0 radical (unpaired) electrons. The van der Waals surface area contributed by atoms with Crippen molar-refractivity contribution in [2.45, 2.75) is 84.0 Å². The van der Waals surface area contributed by atoms with Gasteiger partial charge in [0.25, 0.3) is 0 Å². The second-order valence-corrected chi connectivity index (χ2v) is 6.47. The van der Waals surface area contributed by atoms with Crippen LogP contribution in [0.5, 0.6) is 0 Å². The third kappa shape index (κ3) is 5.71. The summed E-state index contributed by atoms with van der Waals surface area (Å²) < 4.78 is 5.32. The molecule has 0 bridgehead atoms. The number of ether oxygens (including phenoxy) is 1. The Hall–Kier alpha value is -0.770. The molecule has 1 saturated carbocycles. The zero-order chi connectivity index (χ0) is 13.8. The van der Waals surface area contributed by atoms with E-state index in [1.807, 2.05) is 20.8 Å². The maximum Gasteiger partial charge on any atom is 0.407 e. The van der Waals surface area contributed by atoms with Crippen LogP contribution in [0.3, 0.4) is 0 Å². The van der Waals surface area contributed by atoms with Gasteiger partial charge in [-0.1, -0.05) is 26.7 Å². The minimum absolute atomic E-state index is 0.191. The molecule has 4 nitrogen and oxygen atoms in total. The minimum Gasteiger partial charge on any atom is -0.444 e. The second-order valence-electron chi connectivity index (χ2n) is 6.47. The number of hydrogen-bond acceptors (Lipinski definition) is 3. The molecule has 0 spiro atoms. The molecule has 0 aromatic rings. The summed E-state index contributed by atoms with van der Waals surface area (Å²) in [6.45, 7) is 9.93. The summed E-state index contributed by atoms with van der Waals surface area (Å²) in [4.78, 5) is 11.8. The van der Waals surface area contributed by atoms with E-state index in [0.717, 1.165) is 12.8 Å². The molecule has 0 aromatic heterocycles. The van der Waals surface area contributed by atoms with Crippen molar-refractivity contribution in [2.24, 2.45) is 0 Å². The topological polar surface area (TPSA) is 50.4 Å². The van der Waals surface area contributed by atoms with Crippen LogP contribution in [0.2, 0.25) is 0 Å². The first-order valence-electron chi connectivity index (χ1n) is 7.03. The third-order valence-corrected chi connectivity index (χ3v) is 3.02. The van der Waals surface area contributed by atoms with E-state index in [1.54, 1.807) is 0 Å². The quantitative estimate of drug-likeness (QED) is 0.816. The van der Waals surface area contributed by atoms with Gasteiger partial charge in [-0.15, -0.1) is 0 Å². The highest BCUT2D eigenvalue weighted by atomic mass is 16.6. The van der Waals surface area contributed by atoms with Gasteiger partial charge in [0.05, 0.1) is 0 Å². The summed E-state index contributed by atoms with van der Waals surface area (Å²) >= 11 is 0. The number of nitrogens with one attached hydrogen (secondary N) is 2. The average Bonchev–Trinajstić information content (AvgIpc) is 2.17. The Morgan fingerprint density at radius 2 is 1.72 bits per heavy atom. The molecule has 18 heavy (non-hydrogen) atoms. The van der Waals surface area contributed by atoms with Crippen molar-refractivity contribution < 1.29 is 9.53 Å². The van der Waals surface area contributed by atoms with Gasteiger partial charge in [-0.2, -0.15) is 0 Å². The van der Waals surface area contributed by atoms with Crippen molar-refractivity contribution in [3.8, 4) is 0 Å². The monoisotopic (exact) mass is 256 g/mol.